The molecule has 2 unspecified atom stereocenters. The van der Waals surface area contributed by atoms with Crippen molar-refractivity contribution >= 4 is 29.1 Å². The van der Waals surface area contributed by atoms with Gasteiger partial charge in [-0.15, -0.1) is 0 Å². The van der Waals surface area contributed by atoms with Crippen molar-refractivity contribution in [2.45, 2.75) is 32.0 Å². The van der Waals surface area contributed by atoms with Crippen molar-refractivity contribution < 1.29 is 14.3 Å². The highest BCUT2D eigenvalue weighted by atomic mass is 35.5. The molecule has 1 saturated heterocycles. The van der Waals surface area contributed by atoms with Gasteiger partial charge in [-0.3, -0.25) is 4.79 Å². The summed E-state index contributed by atoms with van der Waals surface area (Å²) in [5, 5.41) is 0.727. The fourth-order valence-corrected chi connectivity index (χ4v) is 3.06. The average molecular weight is 389 g/mol. The van der Waals surface area contributed by atoms with E-state index in [1.165, 1.54) is 0 Å². The van der Waals surface area contributed by atoms with Gasteiger partial charge >= 0.3 is 0 Å². The van der Waals surface area contributed by atoms with Crippen LogP contribution in [0.2, 0.25) is 10.0 Å². The molecular weight excluding hydrogens is 363 g/mol. The highest BCUT2D eigenvalue weighted by Crippen LogP contribution is 2.32. The SMILES string of the molecule is CC(Oc1cccc(Cl)c1Cl)C(=O)N(CCN(C)C)CC1CCCO1. The Balaban J connectivity index is 2.03. The molecule has 1 amide bonds. The highest BCUT2D eigenvalue weighted by Gasteiger charge is 2.27. The average Bonchev–Trinajstić information content (AvgIpc) is 3.08. The number of ether oxygens (including phenoxy) is 2. The van der Waals surface area contributed by atoms with E-state index in [1.54, 1.807) is 25.1 Å². The third kappa shape index (κ3) is 6.03. The number of carbonyl (C=O) groups is 1. The largest absolute Gasteiger partial charge is 0.479 e. The van der Waals surface area contributed by atoms with Gasteiger partial charge in [-0.2, -0.15) is 0 Å². The molecule has 0 saturated carbocycles. The summed E-state index contributed by atoms with van der Waals surface area (Å²) in [6.07, 6.45) is 1.48. The minimum Gasteiger partial charge on any atom is -0.479 e. The number of likely N-dealkylation sites (N-methyl/N-ethyl adjacent to an activating group) is 1. The topological polar surface area (TPSA) is 42.0 Å². The van der Waals surface area contributed by atoms with E-state index in [9.17, 15) is 4.79 Å². The van der Waals surface area contributed by atoms with E-state index in [1.807, 2.05) is 19.0 Å². The van der Waals surface area contributed by atoms with Crippen molar-refractivity contribution in [2.24, 2.45) is 0 Å². The number of nitrogens with zero attached hydrogens (tertiary/aromatic N) is 2. The Kier molecular flexibility index (Phi) is 7.81. The highest BCUT2D eigenvalue weighted by molar-refractivity contribution is 6.42. The number of hydrogen-bond donors (Lipinski definition) is 0. The Bertz CT molecular complexity index is 577. The van der Waals surface area contributed by atoms with Gasteiger partial charge in [0.2, 0.25) is 0 Å². The van der Waals surface area contributed by atoms with Crippen molar-refractivity contribution in [1.82, 2.24) is 9.80 Å². The Morgan fingerprint density at radius 1 is 1.36 bits per heavy atom. The summed E-state index contributed by atoms with van der Waals surface area (Å²) in [6.45, 7) is 4.50. The number of halogens is 2. The molecule has 0 spiro atoms. The standard InChI is InChI=1S/C18H26Cl2N2O3/c1-13(25-16-8-4-7-15(19)17(16)20)18(23)22(10-9-21(2)3)12-14-6-5-11-24-14/h4,7-8,13-14H,5-6,9-12H2,1-3H3. The summed E-state index contributed by atoms with van der Waals surface area (Å²) in [7, 11) is 3.97. The fraction of sp³-hybridized carbons (Fsp3) is 0.611. The zero-order valence-corrected chi connectivity index (χ0v) is 16.5. The molecule has 0 N–H and O–H groups in total. The maximum atomic E-state index is 12.9. The van der Waals surface area contributed by atoms with Crippen LogP contribution in [0.15, 0.2) is 18.2 Å². The number of rotatable bonds is 8. The molecule has 1 heterocycles. The molecule has 1 aromatic carbocycles. The summed E-state index contributed by atoms with van der Waals surface area (Å²) in [5.74, 6) is 0.341. The molecule has 25 heavy (non-hydrogen) atoms. The van der Waals surface area contributed by atoms with Crippen LogP contribution in [0.4, 0.5) is 0 Å². The van der Waals surface area contributed by atoms with Gasteiger partial charge in [0.25, 0.3) is 5.91 Å². The monoisotopic (exact) mass is 388 g/mol. The lowest BCUT2D eigenvalue weighted by atomic mass is 10.2. The van der Waals surface area contributed by atoms with Gasteiger partial charge in [0.05, 0.1) is 11.1 Å². The number of benzene rings is 1. The quantitative estimate of drug-likeness (QED) is 0.684. The number of carbonyl (C=O) groups excluding carboxylic acids is 1. The van der Waals surface area contributed by atoms with Crippen molar-refractivity contribution in [2.75, 3.05) is 40.3 Å². The van der Waals surface area contributed by atoms with E-state index in [4.69, 9.17) is 32.7 Å². The van der Waals surface area contributed by atoms with Gasteiger partial charge in [0, 0.05) is 26.2 Å². The third-order valence-corrected chi connectivity index (χ3v) is 4.95. The molecule has 7 heteroatoms. The third-order valence-electron chi connectivity index (χ3n) is 4.14. The van der Waals surface area contributed by atoms with Crippen LogP contribution < -0.4 is 4.74 Å². The predicted molar refractivity (Wildman–Crippen MR) is 101 cm³/mol. The molecule has 5 nitrogen and oxygen atoms in total. The zero-order valence-electron chi connectivity index (χ0n) is 15.0. The minimum atomic E-state index is -0.653. The maximum absolute atomic E-state index is 12.9. The summed E-state index contributed by atoms with van der Waals surface area (Å²) in [6, 6.07) is 5.14. The second-order valence-electron chi connectivity index (χ2n) is 6.53. The minimum absolute atomic E-state index is 0.0756. The lowest BCUT2D eigenvalue weighted by Crippen LogP contribution is -2.46. The lowest BCUT2D eigenvalue weighted by Gasteiger charge is -2.29. The Morgan fingerprint density at radius 3 is 2.76 bits per heavy atom. The van der Waals surface area contributed by atoms with E-state index in [0.717, 1.165) is 26.0 Å². The zero-order chi connectivity index (χ0) is 18.4. The molecule has 1 fully saturated rings. The molecular formula is C18H26Cl2N2O3. The lowest BCUT2D eigenvalue weighted by molar-refractivity contribution is -0.139. The van der Waals surface area contributed by atoms with Gasteiger partial charge in [-0.1, -0.05) is 29.3 Å². The van der Waals surface area contributed by atoms with Gasteiger partial charge in [0.15, 0.2) is 6.10 Å². The summed E-state index contributed by atoms with van der Waals surface area (Å²) in [5.41, 5.74) is 0. The van der Waals surface area contributed by atoms with Gasteiger partial charge < -0.3 is 19.3 Å². The molecule has 0 bridgehead atoms. The van der Waals surface area contributed by atoms with Crippen LogP contribution in [0.3, 0.4) is 0 Å². The molecule has 0 aromatic heterocycles. The van der Waals surface area contributed by atoms with Crippen molar-refractivity contribution in [3.05, 3.63) is 28.2 Å². The van der Waals surface area contributed by atoms with Gasteiger partial charge in [-0.25, -0.2) is 0 Å². The van der Waals surface area contributed by atoms with E-state index < -0.39 is 6.10 Å². The Labute approximate surface area is 159 Å². The van der Waals surface area contributed by atoms with Crippen LogP contribution in [0.5, 0.6) is 5.75 Å². The first-order valence-electron chi connectivity index (χ1n) is 8.54. The fourth-order valence-electron chi connectivity index (χ4n) is 2.72. The number of hydrogen-bond acceptors (Lipinski definition) is 4. The van der Waals surface area contributed by atoms with E-state index in [2.05, 4.69) is 4.90 Å². The first-order chi connectivity index (χ1) is 11.9. The molecule has 140 valence electrons. The molecule has 1 aliphatic rings. The van der Waals surface area contributed by atoms with E-state index in [0.29, 0.717) is 28.9 Å². The van der Waals surface area contributed by atoms with Crippen LogP contribution in [0, 0.1) is 0 Å². The normalized spacial score (nSPS) is 18.4. The first-order valence-corrected chi connectivity index (χ1v) is 9.30. The second kappa shape index (κ2) is 9.62. The Hall–Kier alpha value is -1.01. The smallest absolute Gasteiger partial charge is 0.263 e. The molecule has 2 rings (SSSR count). The first kappa shape index (κ1) is 20.3. The van der Waals surface area contributed by atoms with Crippen molar-refractivity contribution in [3.8, 4) is 5.75 Å². The van der Waals surface area contributed by atoms with Crippen LogP contribution in [0.25, 0.3) is 0 Å². The van der Waals surface area contributed by atoms with E-state index in [-0.39, 0.29) is 12.0 Å². The van der Waals surface area contributed by atoms with Crippen LogP contribution in [0.1, 0.15) is 19.8 Å². The summed E-state index contributed by atoms with van der Waals surface area (Å²) in [4.78, 5) is 16.8. The number of amides is 1. The van der Waals surface area contributed by atoms with Gasteiger partial charge in [-0.05, 0) is 46.0 Å². The van der Waals surface area contributed by atoms with E-state index >= 15 is 0 Å². The molecule has 2 atom stereocenters. The molecule has 1 aliphatic heterocycles. The molecule has 0 aliphatic carbocycles. The van der Waals surface area contributed by atoms with Crippen LogP contribution in [-0.4, -0.2) is 68.3 Å². The van der Waals surface area contributed by atoms with Crippen LogP contribution >= 0.6 is 23.2 Å². The van der Waals surface area contributed by atoms with Gasteiger partial charge in [0.1, 0.15) is 10.8 Å². The predicted octanol–water partition coefficient (Wildman–Crippen LogP) is 3.33. The summed E-state index contributed by atoms with van der Waals surface area (Å²) >= 11 is 12.2. The van der Waals surface area contributed by atoms with Crippen molar-refractivity contribution in [1.29, 1.82) is 0 Å². The Morgan fingerprint density at radius 2 is 2.12 bits per heavy atom. The molecule has 1 aromatic rings. The van der Waals surface area contributed by atoms with Crippen LogP contribution in [-0.2, 0) is 9.53 Å². The summed E-state index contributed by atoms with van der Waals surface area (Å²) < 4.78 is 11.5. The molecule has 0 radical (unpaired) electrons. The van der Waals surface area contributed by atoms with Crippen molar-refractivity contribution in [3.63, 3.8) is 0 Å². The second-order valence-corrected chi connectivity index (χ2v) is 7.32. The maximum Gasteiger partial charge on any atom is 0.263 e.